The van der Waals surface area contributed by atoms with E-state index in [0.717, 1.165) is 5.52 Å². The molecular formula is C22H27N5. The molecule has 1 fully saturated rings. The minimum Gasteiger partial charge on any atom is -0.317 e. The molecule has 0 saturated carbocycles. The number of benzene rings is 1. The van der Waals surface area contributed by atoms with Crippen LogP contribution < -0.4 is 5.32 Å². The predicted octanol–water partition coefficient (Wildman–Crippen LogP) is 4.49. The third-order valence-electron chi connectivity index (χ3n) is 3.69. The van der Waals surface area contributed by atoms with Crippen LogP contribution in [0.3, 0.4) is 0 Å². The number of fused-ring (bicyclic) bond motifs is 1. The molecule has 1 saturated heterocycles. The molecule has 0 spiro atoms. The second-order valence-corrected chi connectivity index (χ2v) is 5.80. The Balaban J connectivity index is 0.000000135. The van der Waals surface area contributed by atoms with Gasteiger partial charge in [-0.3, -0.25) is 15.1 Å². The van der Waals surface area contributed by atoms with Crippen molar-refractivity contribution in [1.82, 2.24) is 25.5 Å². The Hall–Kier alpha value is -3.05. The monoisotopic (exact) mass is 361 g/mol. The van der Waals surface area contributed by atoms with Gasteiger partial charge in [-0.2, -0.15) is 5.10 Å². The van der Waals surface area contributed by atoms with Crippen molar-refractivity contribution in [2.75, 3.05) is 13.1 Å². The summed E-state index contributed by atoms with van der Waals surface area (Å²) in [5.74, 6) is 0. The molecule has 5 rings (SSSR count). The molecule has 0 unspecified atom stereocenters. The van der Waals surface area contributed by atoms with Crippen molar-refractivity contribution >= 4 is 10.9 Å². The van der Waals surface area contributed by atoms with E-state index in [1.807, 2.05) is 54.7 Å². The average molecular weight is 361 g/mol. The van der Waals surface area contributed by atoms with E-state index in [-0.39, 0.29) is 0 Å². The maximum atomic E-state index is 4.18. The summed E-state index contributed by atoms with van der Waals surface area (Å²) in [5, 5.41) is 10.7. The number of nitrogens with one attached hydrogen (secondary N) is 2. The summed E-state index contributed by atoms with van der Waals surface area (Å²) in [6.07, 6.45) is 13.0. The van der Waals surface area contributed by atoms with E-state index in [4.69, 9.17) is 0 Å². The molecule has 2 N–H and O–H groups in total. The molecule has 0 amide bonds. The van der Waals surface area contributed by atoms with Crippen molar-refractivity contribution in [3.8, 4) is 0 Å². The molecule has 5 heteroatoms. The van der Waals surface area contributed by atoms with Gasteiger partial charge in [0.2, 0.25) is 0 Å². The molecule has 0 radical (unpaired) electrons. The summed E-state index contributed by atoms with van der Waals surface area (Å²) in [4.78, 5) is 7.97. The molecule has 27 heavy (non-hydrogen) atoms. The number of aromatic amines is 1. The zero-order chi connectivity index (χ0) is 18.8. The molecule has 0 aliphatic carbocycles. The predicted molar refractivity (Wildman–Crippen MR) is 111 cm³/mol. The number of hydrogen-bond donors (Lipinski definition) is 2. The van der Waals surface area contributed by atoms with E-state index in [9.17, 15) is 0 Å². The Morgan fingerprint density at radius 3 is 1.89 bits per heavy atom. The van der Waals surface area contributed by atoms with Gasteiger partial charge in [0.05, 0.1) is 5.52 Å². The summed E-state index contributed by atoms with van der Waals surface area (Å²) in [7, 11) is 0. The lowest BCUT2D eigenvalue weighted by atomic mass is 10.2. The van der Waals surface area contributed by atoms with Crippen molar-refractivity contribution in [1.29, 1.82) is 0 Å². The second kappa shape index (κ2) is 14.2. The van der Waals surface area contributed by atoms with Gasteiger partial charge in [0, 0.05) is 36.4 Å². The number of nitrogens with zero attached hydrogens (tertiary/aromatic N) is 3. The van der Waals surface area contributed by atoms with E-state index >= 15 is 0 Å². The van der Waals surface area contributed by atoms with Gasteiger partial charge in [0.25, 0.3) is 0 Å². The van der Waals surface area contributed by atoms with Crippen molar-refractivity contribution < 1.29 is 0 Å². The van der Waals surface area contributed by atoms with Crippen LogP contribution in [0.25, 0.3) is 10.9 Å². The van der Waals surface area contributed by atoms with Crippen LogP contribution in [0.5, 0.6) is 0 Å². The highest BCUT2D eigenvalue weighted by Crippen LogP contribution is 2.07. The molecule has 5 nitrogen and oxygen atoms in total. The van der Waals surface area contributed by atoms with Gasteiger partial charge in [0.15, 0.2) is 0 Å². The first-order chi connectivity index (χ1) is 13.5. The fourth-order valence-electron chi connectivity index (χ4n) is 2.35. The third-order valence-corrected chi connectivity index (χ3v) is 3.69. The molecule has 4 heterocycles. The Kier molecular flexibility index (Phi) is 10.6. The number of piperidine rings is 1. The average Bonchev–Trinajstić information content (AvgIpc) is 3.38. The Labute approximate surface area is 160 Å². The largest absolute Gasteiger partial charge is 0.317 e. The normalized spacial score (nSPS) is 12.3. The first kappa shape index (κ1) is 20.3. The number of pyridine rings is 2. The quantitative estimate of drug-likeness (QED) is 0.484. The fraction of sp³-hybridized carbons (Fsp3) is 0.227. The summed E-state index contributed by atoms with van der Waals surface area (Å²) < 4.78 is 0. The minimum absolute atomic E-state index is 1.06. The van der Waals surface area contributed by atoms with Crippen LogP contribution in [0.4, 0.5) is 0 Å². The van der Waals surface area contributed by atoms with E-state index in [0.29, 0.717) is 0 Å². The van der Waals surface area contributed by atoms with Gasteiger partial charge < -0.3 is 5.32 Å². The van der Waals surface area contributed by atoms with Crippen LogP contribution >= 0.6 is 0 Å². The first-order valence-corrected chi connectivity index (χ1v) is 9.26. The van der Waals surface area contributed by atoms with E-state index in [1.54, 1.807) is 24.8 Å². The topological polar surface area (TPSA) is 66.5 Å². The van der Waals surface area contributed by atoms with E-state index < -0.39 is 0 Å². The SMILES string of the molecule is C1CCNCC1.c1ccc2ncccc2c1.c1ccncc1.c1cn[nH]c1. The number of H-pyrrole nitrogens is 1. The standard InChI is InChI=1S/C9H7N.C5H11N.C5H5N.C3H4N2/c1-2-6-9-8(4-1)5-3-7-10-9;2*1-2-4-6-5-3-1;1-2-4-5-3-1/h1-7H;6H,1-5H2;1-5H;1-3H,(H,4,5). The van der Waals surface area contributed by atoms with Crippen molar-refractivity contribution in [3.05, 3.63) is 91.6 Å². The number of para-hydroxylation sites is 1. The molecule has 1 aliphatic rings. The summed E-state index contributed by atoms with van der Waals surface area (Å²) in [6.45, 7) is 2.50. The lowest BCUT2D eigenvalue weighted by Gasteiger charge is -2.08. The Bertz CT molecular complexity index is 678. The lowest BCUT2D eigenvalue weighted by molar-refractivity contribution is 0.520. The number of hydrogen-bond acceptors (Lipinski definition) is 4. The second-order valence-electron chi connectivity index (χ2n) is 5.80. The lowest BCUT2D eigenvalue weighted by Crippen LogP contribution is -2.21. The molecule has 0 atom stereocenters. The maximum absolute atomic E-state index is 4.18. The van der Waals surface area contributed by atoms with Gasteiger partial charge in [-0.15, -0.1) is 0 Å². The zero-order valence-corrected chi connectivity index (χ0v) is 15.5. The van der Waals surface area contributed by atoms with Crippen LogP contribution in [0.2, 0.25) is 0 Å². The summed E-state index contributed by atoms with van der Waals surface area (Å²) in [5.41, 5.74) is 1.06. The van der Waals surface area contributed by atoms with Crippen LogP contribution in [-0.2, 0) is 0 Å². The van der Waals surface area contributed by atoms with Crippen LogP contribution in [-0.4, -0.2) is 33.3 Å². The van der Waals surface area contributed by atoms with Crippen LogP contribution in [0.1, 0.15) is 19.3 Å². The van der Waals surface area contributed by atoms with Gasteiger partial charge in [-0.25, -0.2) is 0 Å². The highest BCUT2D eigenvalue weighted by atomic mass is 15.1. The molecule has 0 bridgehead atoms. The van der Waals surface area contributed by atoms with Crippen LogP contribution in [0.15, 0.2) is 91.6 Å². The van der Waals surface area contributed by atoms with Gasteiger partial charge in [-0.1, -0.05) is 36.8 Å². The van der Waals surface area contributed by atoms with E-state index in [2.05, 4.69) is 37.6 Å². The van der Waals surface area contributed by atoms with Gasteiger partial charge >= 0.3 is 0 Å². The fourth-order valence-corrected chi connectivity index (χ4v) is 2.35. The Morgan fingerprint density at radius 1 is 0.667 bits per heavy atom. The highest BCUT2D eigenvalue weighted by Gasteiger charge is 1.93. The maximum Gasteiger partial charge on any atom is 0.0701 e. The zero-order valence-electron chi connectivity index (χ0n) is 15.5. The summed E-state index contributed by atoms with van der Waals surface area (Å²) >= 11 is 0. The van der Waals surface area contributed by atoms with Crippen molar-refractivity contribution in [2.45, 2.75) is 19.3 Å². The Morgan fingerprint density at radius 2 is 1.44 bits per heavy atom. The minimum atomic E-state index is 1.06. The van der Waals surface area contributed by atoms with E-state index in [1.165, 1.54) is 37.7 Å². The van der Waals surface area contributed by atoms with Crippen molar-refractivity contribution in [3.63, 3.8) is 0 Å². The molecule has 4 aromatic rings. The smallest absolute Gasteiger partial charge is 0.0701 e. The highest BCUT2D eigenvalue weighted by molar-refractivity contribution is 5.77. The first-order valence-electron chi connectivity index (χ1n) is 9.26. The van der Waals surface area contributed by atoms with Gasteiger partial charge in [0.1, 0.15) is 0 Å². The molecular weight excluding hydrogens is 334 g/mol. The molecule has 3 aromatic heterocycles. The molecule has 1 aromatic carbocycles. The van der Waals surface area contributed by atoms with Gasteiger partial charge in [-0.05, 0) is 56.3 Å². The number of rotatable bonds is 0. The summed E-state index contributed by atoms with van der Waals surface area (Å²) in [6, 6.07) is 19.6. The third kappa shape index (κ3) is 9.87. The number of aromatic nitrogens is 4. The van der Waals surface area contributed by atoms with Crippen molar-refractivity contribution in [2.24, 2.45) is 0 Å². The molecule has 140 valence electrons. The molecule has 1 aliphatic heterocycles. The van der Waals surface area contributed by atoms with Crippen LogP contribution in [0, 0.1) is 0 Å².